The highest BCUT2D eigenvalue weighted by atomic mass is 16.6. The molecule has 1 aromatic rings. The van der Waals surface area contributed by atoms with Crippen molar-refractivity contribution in [3.8, 4) is 0 Å². The summed E-state index contributed by atoms with van der Waals surface area (Å²) in [4.78, 5) is 24.2. The van der Waals surface area contributed by atoms with Crippen molar-refractivity contribution in [3.05, 3.63) is 48.6 Å². The van der Waals surface area contributed by atoms with Crippen molar-refractivity contribution in [2.24, 2.45) is 5.92 Å². The van der Waals surface area contributed by atoms with E-state index in [0.29, 0.717) is 19.3 Å². The number of alkyl carbamates (subject to hydrolysis) is 1. The number of ether oxygens (including phenoxy) is 2. The molecule has 0 saturated carbocycles. The minimum atomic E-state index is -0.584. The molecule has 5 nitrogen and oxygen atoms in total. The summed E-state index contributed by atoms with van der Waals surface area (Å²) in [6.07, 6.45) is 2.57. The maximum absolute atomic E-state index is 12.2. The maximum Gasteiger partial charge on any atom is 0.408 e. The summed E-state index contributed by atoms with van der Waals surface area (Å²) < 4.78 is 10.9. The molecule has 1 aliphatic rings. The average Bonchev–Trinajstić information content (AvgIpc) is 2.87. The molecule has 1 N–H and O–H groups in total. The smallest absolute Gasteiger partial charge is 0.408 e. The number of allylic oxidation sites excluding steroid dienone is 1. The van der Waals surface area contributed by atoms with Gasteiger partial charge in [-0.3, -0.25) is 4.79 Å². The Morgan fingerprint density at radius 2 is 2.08 bits per heavy atom. The van der Waals surface area contributed by atoms with Crippen LogP contribution >= 0.6 is 0 Å². The fourth-order valence-corrected chi connectivity index (χ4v) is 2.91. The molecule has 1 aromatic carbocycles. The molecule has 3 atom stereocenters. The maximum atomic E-state index is 12.2. The number of rotatable bonds is 6. The van der Waals surface area contributed by atoms with Crippen LogP contribution < -0.4 is 5.32 Å². The van der Waals surface area contributed by atoms with Crippen molar-refractivity contribution >= 4 is 12.1 Å². The number of amides is 1. The average molecular weight is 345 g/mol. The van der Waals surface area contributed by atoms with Crippen LogP contribution in [-0.2, 0) is 20.7 Å². The van der Waals surface area contributed by atoms with Crippen molar-refractivity contribution in [2.75, 3.05) is 0 Å². The zero-order valence-electron chi connectivity index (χ0n) is 15.2. The van der Waals surface area contributed by atoms with Crippen LogP contribution in [0.25, 0.3) is 0 Å². The second kappa shape index (κ2) is 8.19. The first-order valence-electron chi connectivity index (χ1n) is 8.63. The molecule has 0 bridgehead atoms. The molecule has 0 aromatic heterocycles. The van der Waals surface area contributed by atoms with E-state index in [1.54, 1.807) is 6.08 Å². The Bertz CT molecular complexity index is 606. The Balaban J connectivity index is 2.10. The highest BCUT2D eigenvalue weighted by molar-refractivity contribution is 5.75. The number of benzene rings is 1. The molecule has 0 radical (unpaired) electrons. The minimum absolute atomic E-state index is 0.193. The number of cyclic esters (lactones) is 1. The van der Waals surface area contributed by atoms with E-state index in [4.69, 9.17) is 9.47 Å². The summed E-state index contributed by atoms with van der Waals surface area (Å²) in [6.45, 7) is 9.13. The summed E-state index contributed by atoms with van der Waals surface area (Å²) in [5, 5.41) is 2.88. The van der Waals surface area contributed by atoms with E-state index < -0.39 is 11.7 Å². The molecule has 0 spiro atoms. The molecule has 1 unspecified atom stereocenters. The Labute approximate surface area is 149 Å². The van der Waals surface area contributed by atoms with E-state index in [0.717, 1.165) is 5.56 Å². The van der Waals surface area contributed by atoms with Crippen LogP contribution in [0, 0.1) is 5.92 Å². The normalized spacial score (nSPS) is 21.3. The van der Waals surface area contributed by atoms with Gasteiger partial charge in [0.25, 0.3) is 0 Å². The molecule has 5 heteroatoms. The van der Waals surface area contributed by atoms with E-state index >= 15 is 0 Å². The van der Waals surface area contributed by atoms with Gasteiger partial charge < -0.3 is 14.8 Å². The molecular formula is C20H27NO4. The van der Waals surface area contributed by atoms with Crippen molar-refractivity contribution in [1.82, 2.24) is 5.32 Å². The number of hydrogen-bond donors (Lipinski definition) is 1. The van der Waals surface area contributed by atoms with Crippen molar-refractivity contribution in [3.63, 3.8) is 0 Å². The Morgan fingerprint density at radius 1 is 1.40 bits per heavy atom. The number of nitrogens with one attached hydrogen (secondary N) is 1. The van der Waals surface area contributed by atoms with Crippen molar-refractivity contribution < 1.29 is 19.1 Å². The predicted molar refractivity (Wildman–Crippen MR) is 96.1 cm³/mol. The van der Waals surface area contributed by atoms with Crippen molar-refractivity contribution in [1.29, 1.82) is 0 Å². The molecule has 1 fully saturated rings. The van der Waals surface area contributed by atoms with Gasteiger partial charge in [0.2, 0.25) is 0 Å². The third-order valence-electron chi connectivity index (χ3n) is 4.02. The first kappa shape index (κ1) is 19.0. The zero-order chi connectivity index (χ0) is 18.4. The molecule has 25 heavy (non-hydrogen) atoms. The molecule has 1 amide bonds. The second-order valence-corrected chi connectivity index (χ2v) is 7.37. The predicted octanol–water partition coefficient (Wildman–Crippen LogP) is 3.63. The van der Waals surface area contributed by atoms with Gasteiger partial charge in [0.15, 0.2) is 0 Å². The minimum Gasteiger partial charge on any atom is -0.460 e. The van der Waals surface area contributed by atoms with Gasteiger partial charge in [0, 0.05) is 0 Å². The molecule has 0 aliphatic carbocycles. The van der Waals surface area contributed by atoms with Gasteiger partial charge in [-0.1, -0.05) is 36.4 Å². The third kappa shape index (κ3) is 5.93. The van der Waals surface area contributed by atoms with Gasteiger partial charge >= 0.3 is 12.1 Å². The Hall–Kier alpha value is -2.30. The van der Waals surface area contributed by atoms with E-state index in [9.17, 15) is 9.59 Å². The molecular weight excluding hydrogens is 318 g/mol. The summed E-state index contributed by atoms with van der Waals surface area (Å²) in [7, 11) is 0. The fraction of sp³-hybridized carbons (Fsp3) is 0.500. The van der Waals surface area contributed by atoms with Crippen LogP contribution in [0.2, 0.25) is 0 Å². The summed E-state index contributed by atoms with van der Waals surface area (Å²) in [5.41, 5.74) is 0.478. The summed E-state index contributed by atoms with van der Waals surface area (Å²) in [6, 6.07) is 9.47. The quantitative estimate of drug-likeness (QED) is 0.632. The molecule has 1 heterocycles. The lowest BCUT2D eigenvalue weighted by atomic mass is 9.94. The molecule has 1 saturated heterocycles. The van der Waals surface area contributed by atoms with Crippen LogP contribution in [-0.4, -0.2) is 29.8 Å². The highest BCUT2D eigenvalue weighted by Gasteiger charge is 2.39. The van der Waals surface area contributed by atoms with Gasteiger partial charge in [0.05, 0.1) is 12.0 Å². The van der Waals surface area contributed by atoms with Crippen LogP contribution in [0.1, 0.15) is 39.2 Å². The summed E-state index contributed by atoms with van der Waals surface area (Å²) >= 11 is 0. The van der Waals surface area contributed by atoms with Crippen LogP contribution in [0.3, 0.4) is 0 Å². The van der Waals surface area contributed by atoms with Gasteiger partial charge in [-0.2, -0.15) is 0 Å². The van der Waals surface area contributed by atoms with E-state index in [1.807, 2.05) is 51.1 Å². The largest absolute Gasteiger partial charge is 0.460 e. The van der Waals surface area contributed by atoms with Gasteiger partial charge in [0.1, 0.15) is 11.7 Å². The third-order valence-corrected chi connectivity index (χ3v) is 4.02. The standard InChI is InChI=1S/C20H27NO4/c1-5-9-15-13-17(24-18(15)22)16(12-14-10-7-6-8-11-14)21-19(23)25-20(2,3)4/h5-8,10-11,15-17H,1,9,12-13H2,2-4H3,(H,21,23)/t15?,16-,17-/m0/s1. The van der Waals surface area contributed by atoms with Crippen LogP contribution in [0.4, 0.5) is 4.79 Å². The second-order valence-electron chi connectivity index (χ2n) is 7.37. The van der Waals surface area contributed by atoms with Gasteiger partial charge in [-0.25, -0.2) is 4.79 Å². The summed E-state index contributed by atoms with van der Waals surface area (Å²) in [5.74, 6) is -0.421. The lowest BCUT2D eigenvalue weighted by molar-refractivity contribution is -0.145. The fourth-order valence-electron chi connectivity index (χ4n) is 2.91. The van der Waals surface area contributed by atoms with Gasteiger partial charge in [-0.05, 0) is 45.6 Å². The lowest BCUT2D eigenvalue weighted by Gasteiger charge is -2.26. The Morgan fingerprint density at radius 3 is 2.68 bits per heavy atom. The number of carbonyl (C=O) groups excluding carboxylic acids is 2. The van der Waals surface area contributed by atoms with Crippen molar-refractivity contribution in [2.45, 2.75) is 57.8 Å². The van der Waals surface area contributed by atoms with E-state index in [1.165, 1.54) is 0 Å². The van der Waals surface area contributed by atoms with E-state index in [-0.39, 0.29) is 24.0 Å². The monoisotopic (exact) mass is 345 g/mol. The molecule has 136 valence electrons. The zero-order valence-corrected chi connectivity index (χ0v) is 15.2. The molecule has 1 aliphatic heterocycles. The topological polar surface area (TPSA) is 64.6 Å². The first-order valence-corrected chi connectivity index (χ1v) is 8.63. The van der Waals surface area contributed by atoms with Crippen LogP contribution in [0.5, 0.6) is 0 Å². The number of carbonyl (C=O) groups is 2. The Kier molecular flexibility index (Phi) is 6.23. The molecule has 2 rings (SSSR count). The van der Waals surface area contributed by atoms with E-state index in [2.05, 4.69) is 11.9 Å². The SMILES string of the molecule is C=CCC1C[C@@H]([C@H](Cc2ccccc2)NC(=O)OC(C)(C)C)OC1=O. The van der Waals surface area contributed by atoms with Gasteiger partial charge in [-0.15, -0.1) is 6.58 Å². The number of hydrogen-bond acceptors (Lipinski definition) is 4. The highest BCUT2D eigenvalue weighted by Crippen LogP contribution is 2.28. The van der Waals surface area contributed by atoms with Crippen LogP contribution in [0.15, 0.2) is 43.0 Å². The first-order chi connectivity index (χ1) is 11.8. The lowest BCUT2D eigenvalue weighted by Crippen LogP contribution is -2.46. The number of esters is 1.